The second kappa shape index (κ2) is 9.39. The Labute approximate surface area is 181 Å². The molecule has 0 atom stereocenters. The molecule has 31 heavy (non-hydrogen) atoms. The van der Waals surface area contributed by atoms with E-state index in [0.29, 0.717) is 23.3 Å². The number of hydrogen-bond acceptors (Lipinski definition) is 4. The summed E-state index contributed by atoms with van der Waals surface area (Å²) in [4.78, 5) is 23.2. The van der Waals surface area contributed by atoms with Gasteiger partial charge in [0.05, 0.1) is 0 Å². The van der Waals surface area contributed by atoms with Gasteiger partial charge in [0.2, 0.25) is 0 Å². The number of esters is 2. The summed E-state index contributed by atoms with van der Waals surface area (Å²) in [7, 11) is 0. The zero-order valence-electron chi connectivity index (χ0n) is 17.5. The smallest absolute Gasteiger partial charge is 0.338 e. The molecule has 3 rings (SSSR count). The first-order valence-electron chi connectivity index (χ1n) is 9.80. The van der Waals surface area contributed by atoms with Crippen molar-refractivity contribution in [2.24, 2.45) is 0 Å². The summed E-state index contributed by atoms with van der Waals surface area (Å²) in [5, 5.41) is 0. The van der Waals surface area contributed by atoms with Crippen LogP contribution in [0.15, 0.2) is 78.9 Å². The standard InChI is InChI=1S/C26H23FO4/c1-16(2)25(28)30-21-11-9-19(10-12-21)18-5-7-20(8-6-18)23-14-13-22(15-24(23)27)31-26(29)17(3)4/h5,7,9-15H,1,3,6,8H2,2,4H3. The van der Waals surface area contributed by atoms with Crippen LogP contribution in [0.25, 0.3) is 11.1 Å². The summed E-state index contributed by atoms with van der Waals surface area (Å²) >= 11 is 0. The highest BCUT2D eigenvalue weighted by atomic mass is 19.1. The molecule has 0 fully saturated rings. The van der Waals surface area contributed by atoms with Crippen molar-refractivity contribution in [3.8, 4) is 11.5 Å². The third-order valence-electron chi connectivity index (χ3n) is 4.78. The Hall–Kier alpha value is -3.73. The molecule has 0 heterocycles. The molecule has 4 nitrogen and oxygen atoms in total. The van der Waals surface area contributed by atoms with Crippen molar-refractivity contribution < 1.29 is 23.5 Å². The molecule has 0 radical (unpaired) electrons. The van der Waals surface area contributed by atoms with Gasteiger partial charge in [-0.2, -0.15) is 0 Å². The third kappa shape index (κ3) is 5.45. The minimum absolute atomic E-state index is 0.148. The second-order valence-electron chi connectivity index (χ2n) is 7.39. The average molecular weight is 418 g/mol. The Morgan fingerprint density at radius 1 is 0.806 bits per heavy atom. The molecule has 0 bridgehead atoms. The topological polar surface area (TPSA) is 52.6 Å². The van der Waals surface area contributed by atoms with E-state index < -0.39 is 17.8 Å². The van der Waals surface area contributed by atoms with Crippen LogP contribution < -0.4 is 9.47 Å². The highest BCUT2D eigenvalue weighted by Crippen LogP contribution is 2.34. The van der Waals surface area contributed by atoms with E-state index in [2.05, 4.69) is 13.2 Å². The van der Waals surface area contributed by atoms with Gasteiger partial charge in [0, 0.05) is 22.8 Å². The third-order valence-corrected chi connectivity index (χ3v) is 4.78. The van der Waals surface area contributed by atoms with Crippen molar-refractivity contribution in [2.45, 2.75) is 26.7 Å². The van der Waals surface area contributed by atoms with Crippen LogP contribution in [0.5, 0.6) is 11.5 Å². The molecular formula is C26H23FO4. The molecule has 158 valence electrons. The SMILES string of the molecule is C=C(C)C(=O)Oc1ccc(C2=CC=C(c3ccc(OC(=O)C(=C)C)cc3F)CC2)cc1. The maximum Gasteiger partial charge on any atom is 0.338 e. The van der Waals surface area contributed by atoms with Gasteiger partial charge in [-0.05, 0) is 67.7 Å². The largest absolute Gasteiger partial charge is 0.423 e. The van der Waals surface area contributed by atoms with Gasteiger partial charge >= 0.3 is 11.9 Å². The van der Waals surface area contributed by atoms with Gasteiger partial charge in [0.25, 0.3) is 0 Å². The summed E-state index contributed by atoms with van der Waals surface area (Å²) < 4.78 is 24.9. The number of rotatable bonds is 6. The van der Waals surface area contributed by atoms with Gasteiger partial charge in [0.1, 0.15) is 17.3 Å². The van der Waals surface area contributed by atoms with E-state index in [0.717, 1.165) is 23.1 Å². The van der Waals surface area contributed by atoms with Crippen LogP contribution in [0.3, 0.4) is 0 Å². The molecule has 2 aromatic rings. The Morgan fingerprint density at radius 3 is 1.84 bits per heavy atom. The lowest BCUT2D eigenvalue weighted by atomic mass is 9.90. The number of halogens is 1. The van der Waals surface area contributed by atoms with Crippen molar-refractivity contribution in [3.05, 3.63) is 95.9 Å². The number of carbonyl (C=O) groups is 2. The van der Waals surface area contributed by atoms with Crippen molar-refractivity contribution in [1.82, 2.24) is 0 Å². The van der Waals surface area contributed by atoms with Gasteiger partial charge in [-0.1, -0.05) is 37.4 Å². The van der Waals surface area contributed by atoms with E-state index in [4.69, 9.17) is 9.47 Å². The molecule has 5 heteroatoms. The van der Waals surface area contributed by atoms with Crippen molar-refractivity contribution >= 4 is 23.1 Å². The lowest BCUT2D eigenvalue weighted by molar-refractivity contribution is -0.130. The summed E-state index contributed by atoms with van der Waals surface area (Å²) in [5.41, 5.74) is 4.05. The van der Waals surface area contributed by atoms with E-state index in [1.54, 1.807) is 31.2 Å². The Kier molecular flexibility index (Phi) is 6.65. The first-order chi connectivity index (χ1) is 14.7. The number of ether oxygens (including phenoxy) is 2. The Bertz CT molecular complexity index is 1120. The molecule has 0 N–H and O–H groups in total. The van der Waals surface area contributed by atoms with Crippen LogP contribution in [-0.2, 0) is 9.59 Å². The highest BCUT2D eigenvalue weighted by molar-refractivity contribution is 5.89. The zero-order chi connectivity index (χ0) is 22.5. The monoisotopic (exact) mass is 418 g/mol. The fourth-order valence-electron chi connectivity index (χ4n) is 3.05. The number of allylic oxidation sites excluding steroid dienone is 4. The molecule has 1 aliphatic rings. The minimum atomic E-state index is -0.586. The normalized spacial score (nSPS) is 13.0. The molecule has 1 aliphatic carbocycles. The van der Waals surface area contributed by atoms with Crippen LogP contribution in [0.1, 0.15) is 37.8 Å². The lowest BCUT2D eigenvalue weighted by Gasteiger charge is -2.16. The highest BCUT2D eigenvalue weighted by Gasteiger charge is 2.15. The summed E-state index contributed by atoms with van der Waals surface area (Å²) in [6.07, 6.45) is 5.26. The lowest BCUT2D eigenvalue weighted by Crippen LogP contribution is -2.08. The first kappa shape index (κ1) is 22.0. The molecule has 0 aliphatic heterocycles. The number of hydrogen-bond donors (Lipinski definition) is 0. The van der Waals surface area contributed by atoms with Gasteiger partial charge in [-0.3, -0.25) is 0 Å². The second-order valence-corrected chi connectivity index (χ2v) is 7.39. The molecule has 0 saturated carbocycles. The van der Waals surface area contributed by atoms with Crippen molar-refractivity contribution in [2.75, 3.05) is 0 Å². The van der Waals surface area contributed by atoms with Crippen molar-refractivity contribution in [3.63, 3.8) is 0 Å². The minimum Gasteiger partial charge on any atom is -0.423 e. The summed E-state index contributed by atoms with van der Waals surface area (Å²) in [6, 6.07) is 11.6. The van der Waals surface area contributed by atoms with Gasteiger partial charge in [0.15, 0.2) is 0 Å². The Morgan fingerprint density at radius 2 is 1.32 bits per heavy atom. The van der Waals surface area contributed by atoms with Gasteiger partial charge in [-0.25, -0.2) is 14.0 Å². The average Bonchev–Trinajstić information content (AvgIpc) is 2.74. The summed E-state index contributed by atoms with van der Waals surface area (Å²) in [6.45, 7) is 10.2. The van der Waals surface area contributed by atoms with Gasteiger partial charge in [-0.15, -0.1) is 0 Å². The van der Waals surface area contributed by atoms with Crippen LogP contribution >= 0.6 is 0 Å². The molecule has 0 spiro atoms. The zero-order valence-corrected chi connectivity index (χ0v) is 17.5. The van der Waals surface area contributed by atoms with Crippen LogP contribution in [0, 0.1) is 5.82 Å². The molecule has 0 amide bonds. The molecule has 0 saturated heterocycles. The van der Waals surface area contributed by atoms with Gasteiger partial charge < -0.3 is 9.47 Å². The van der Waals surface area contributed by atoms with Crippen LogP contribution in [0.4, 0.5) is 4.39 Å². The van der Waals surface area contributed by atoms with E-state index in [1.165, 1.54) is 13.0 Å². The van der Waals surface area contributed by atoms with E-state index in [9.17, 15) is 14.0 Å². The Balaban J connectivity index is 1.73. The molecule has 2 aromatic carbocycles. The molecular weight excluding hydrogens is 395 g/mol. The summed E-state index contributed by atoms with van der Waals surface area (Å²) in [5.74, 6) is -0.885. The van der Waals surface area contributed by atoms with Crippen molar-refractivity contribution in [1.29, 1.82) is 0 Å². The maximum absolute atomic E-state index is 14.6. The van der Waals surface area contributed by atoms with E-state index in [-0.39, 0.29) is 11.3 Å². The van der Waals surface area contributed by atoms with Crippen LogP contribution in [0.2, 0.25) is 0 Å². The predicted molar refractivity (Wildman–Crippen MR) is 119 cm³/mol. The predicted octanol–water partition coefficient (Wildman–Crippen LogP) is 6.05. The van der Waals surface area contributed by atoms with E-state index in [1.807, 2.05) is 24.3 Å². The van der Waals surface area contributed by atoms with Crippen LogP contribution in [-0.4, -0.2) is 11.9 Å². The molecule has 0 unspecified atom stereocenters. The fraction of sp³-hybridized carbons (Fsp3) is 0.154. The maximum atomic E-state index is 14.6. The molecule has 0 aromatic heterocycles. The van der Waals surface area contributed by atoms with E-state index >= 15 is 0 Å². The quantitative estimate of drug-likeness (QED) is 0.326. The fourth-order valence-corrected chi connectivity index (χ4v) is 3.05. The first-order valence-corrected chi connectivity index (χ1v) is 9.80. The number of benzene rings is 2. The number of carbonyl (C=O) groups excluding carboxylic acids is 2.